The van der Waals surface area contributed by atoms with Crippen molar-refractivity contribution in [2.45, 2.75) is 51.9 Å². The lowest BCUT2D eigenvalue weighted by Crippen LogP contribution is -2.36. The van der Waals surface area contributed by atoms with Crippen molar-refractivity contribution in [2.75, 3.05) is 0 Å². The van der Waals surface area contributed by atoms with Gasteiger partial charge in [-0.05, 0) is 25.8 Å². The predicted octanol–water partition coefficient (Wildman–Crippen LogP) is 4.94. The van der Waals surface area contributed by atoms with E-state index in [1.54, 1.807) is 6.92 Å². The first-order valence-corrected chi connectivity index (χ1v) is 10.7. The van der Waals surface area contributed by atoms with Gasteiger partial charge in [0, 0.05) is 17.5 Å². The number of benzene rings is 2. The summed E-state index contributed by atoms with van der Waals surface area (Å²) in [4.78, 5) is 37.0. The van der Waals surface area contributed by atoms with Gasteiger partial charge in [0.05, 0.1) is 10.9 Å². The molecule has 2 aliphatic rings. The molecule has 0 radical (unpaired) electrons. The molecule has 32 heavy (non-hydrogen) atoms. The fourth-order valence-electron chi connectivity index (χ4n) is 4.44. The third-order valence-electron chi connectivity index (χ3n) is 6.40. The molecular formula is C25H24O7. The van der Waals surface area contributed by atoms with E-state index in [0.717, 1.165) is 0 Å². The molecule has 0 bridgehead atoms. The van der Waals surface area contributed by atoms with Gasteiger partial charge in [-0.1, -0.05) is 44.2 Å². The average molecular weight is 436 g/mol. The monoisotopic (exact) mass is 436 g/mol. The van der Waals surface area contributed by atoms with Gasteiger partial charge in [-0.15, -0.1) is 0 Å². The van der Waals surface area contributed by atoms with Crippen LogP contribution in [0.4, 0.5) is 0 Å². The van der Waals surface area contributed by atoms with Gasteiger partial charge in [0.2, 0.25) is 0 Å². The van der Waals surface area contributed by atoms with Crippen LogP contribution in [-0.2, 0) is 9.78 Å². The normalized spacial score (nSPS) is 21.8. The first-order valence-electron chi connectivity index (χ1n) is 10.7. The Morgan fingerprint density at radius 3 is 2.62 bits per heavy atom. The first-order chi connectivity index (χ1) is 15.2. The van der Waals surface area contributed by atoms with Crippen LogP contribution in [0.2, 0.25) is 0 Å². The molecule has 3 heterocycles. The Bertz CT molecular complexity index is 1290. The minimum atomic E-state index is -0.806. The maximum Gasteiger partial charge on any atom is 0.336 e. The summed E-state index contributed by atoms with van der Waals surface area (Å²) in [7, 11) is 0. The lowest BCUT2D eigenvalue weighted by Gasteiger charge is -2.22. The summed E-state index contributed by atoms with van der Waals surface area (Å²) < 4.78 is 11.8. The van der Waals surface area contributed by atoms with E-state index in [0.29, 0.717) is 23.1 Å². The number of hydrogen-bond donors (Lipinski definition) is 1. The van der Waals surface area contributed by atoms with E-state index in [2.05, 4.69) is 0 Å². The van der Waals surface area contributed by atoms with Gasteiger partial charge < -0.3 is 14.3 Å². The van der Waals surface area contributed by atoms with Crippen molar-refractivity contribution in [3.05, 3.63) is 57.9 Å². The second kappa shape index (κ2) is 7.18. The van der Waals surface area contributed by atoms with E-state index in [1.165, 1.54) is 6.07 Å². The van der Waals surface area contributed by atoms with Crippen LogP contribution in [0.5, 0.6) is 11.5 Å². The fraction of sp³-hybridized carbons (Fsp3) is 0.360. The van der Waals surface area contributed by atoms with Crippen LogP contribution in [0.3, 0.4) is 0 Å². The lowest BCUT2D eigenvalue weighted by molar-refractivity contribution is -0.321. The standard InChI is InChI=1S/C25H24O7/c1-5-12(2)19(27)17-20(28)16-14(13-9-7-6-8-10-13)11-15(26)29-21(16)18-22(17)30-24-23(18)31-32-25(24,3)4/h6-12,23-24,28H,5H2,1-4H3/t12-,23-,24+/m0/s1. The van der Waals surface area contributed by atoms with Gasteiger partial charge in [-0.25, -0.2) is 14.6 Å². The summed E-state index contributed by atoms with van der Waals surface area (Å²) in [6.07, 6.45) is -0.684. The van der Waals surface area contributed by atoms with Crippen LogP contribution in [0.15, 0.2) is 45.6 Å². The summed E-state index contributed by atoms with van der Waals surface area (Å²) >= 11 is 0. The molecule has 0 aliphatic carbocycles. The molecule has 0 spiro atoms. The predicted molar refractivity (Wildman–Crippen MR) is 117 cm³/mol. The molecule has 166 valence electrons. The Kier molecular flexibility index (Phi) is 4.65. The molecule has 1 aromatic heterocycles. The van der Waals surface area contributed by atoms with E-state index in [9.17, 15) is 14.7 Å². The Morgan fingerprint density at radius 2 is 1.94 bits per heavy atom. The largest absolute Gasteiger partial charge is 0.506 e. The third kappa shape index (κ3) is 2.88. The van der Waals surface area contributed by atoms with Crippen molar-refractivity contribution >= 4 is 16.8 Å². The molecule has 3 aromatic rings. The topological polar surface area (TPSA) is 95.2 Å². The van der Waals surface area contributed by atoms with Crippen molar-refractivity contribution in [3.63, 3.8) is 0 Å². The molecule has 7 nitrogen and oxygen atoms in total. The summed E-state index contributed by atoms with van der Waals surface area (Å²) in [5, 5.41) is 11.7. The fourth-order valence-corrected chi connectivity index (χ4v) is 4.44. The Hall–Kier alpha value is -3.16. The highest BCUT2D eigenvalue weighted by Crippen LogP contribution is 2.56. The second-order valence-corrected chi connectivity index (χ2v) is 8.93. The molecule has 5 rings (SSSR count). The van der Waals surface area contributed by atoms with Gasteiger partial charge in [0.15, 0.2) is 23.6 Å². The van der Waals surface area contributed by atoms with E-state index < -0.39 is 23.4 Å². The molecule has 1 saturated heterocycles. The van der Waals surface area contributed by atoms with Gasteiger partial charge >= 0.3 is 5.63 Å². The van der Waals surface area contributed by atoms with E-state index in [-0.39, 0.29) is 39.7 Å². The number of rotatable bonds is 4. The van der Waals surface area contributed by atoms with Crippen LogP contribution >= 0.6 is 0 Å². The van der Waals surface area contributed by atoms with Gasteiger partial charge in [0.1, 0.15) is 22.7 Å². The Labute approximate surface area is 184 Å². The van der Waals surface area contributed by atoms with Crippen LogP contribution in [0.25, 0.3) is 22.1 Å². The van der Waals surface area contributed by atoms with Crippen LogP contribution in [0, 0.1) is 5.92 Å². The van der Waals surface area contributed by atoms with Gasteiger partial charge in [0.25, 0.3) is 0 Å². The number of fused-ring (bicyclic) bond motifs is 5. The van der Waals surface area contributed by atoms with Crippen molar-refractivity contribution in [3.8, 4) is 22.6 Å². The lowest BCUT2D eigenvalue weighted by atomic mass is 9.88. The number of ether oxygens (including phenoxy) is 1. The summed E-state index contributed by atoms with van der Waals surface area (Å²) in [6.45, 7) is 7.34. The molecule has 1 N–H and O–H groups in total. The zero-order valence-corrected chi connectivity index (χ0v) is 18.3. The molecule has 0 amide bonds. The van der Waals surface area contributed by atoms with Crippen LogP contribution in [-0.4, -0.2) is 22.6 Å². The number of ketones is 1. The SMILES string of the molecule is CC[C@H](C)C(=O)c1c2c(c3oc(=O)cc(-c4ccccc4)c3c1O)[C@@H]1OOC(C)(C)[C@@H]1O2. The smallest absolute Gasteiger partial charge is 0.336 e. The van der Waals surface area contributed by atoms with Gasteiger partial charge in [-0.3, -0.25) is 4.79 Å². The molecule has 2 aromatic carbocycles. The van der Waals surface area contributed by atoms with Crippen LogP contribution < -0.4 is 10.4 Å². The maximum absolute atomic E-state index is 13.4. The number of hydrogen-bond acceptors (Lipinski definition) is 7. The molecule has 0 saturated carbocycles. The average Bonchev–Trinajstić information content (AvgIpc) is 3.30. The van der Waals surface area contributed by atoms with E-state index in [1.807, 2.05) is 51.1 Å². The number of phenols is 1. The molecule has 0 unspecified atom stereocenters. The highest BCUT2D eigenvalue weighted by Gasteiger charge is 2.56. The van der Waals surface area contributed by atoms with Gasteiger partial charge in [-0.2, -0.15) is 0 Å². The number of Topliss-reactive ketones (excluding diaryl/α,β-unsaturated/α-hetero) is 1. The maximum atomic E-state index is 13.4. The molecular weight excluding hydrogens is 412 g/mol. The van der Waals surface area contributed by atoms with Crippen molar-refractivity contribution in [2.24, 2.45) is 5.92 Å². The molecule has 1 fully saturated rings. The minimum absolute atomic E-state index is 0.0849. The summed E-state index contributed by atoms with van der Waals surface area (Å²) in [6, 6.07) is 10.5. The van der Waals surface area contributed by atoms with E-state index >= 15 is 0 Å². The first kappa shape index (κ1) is 20.7. The van der Waals surface area contributed by atoms with Crippen LogP contribution in [0.1, 0.15) is 56.1 Å². The van der Waals surface area contributed by atoms with Crippen molar-refractivity contribution < 1.29 is 28.8 Å². The molecule has 3 atom stereocenters. The zero-order chi connectivity index (χ0) is 22.8. The Morgan fingerprint density at radius 1 is 1.22 bits per heavy atom. The number of phenolic OH excluding ortho intramolecular Hbond substituents is 1. The summed E-state index contributed by atoms with van der Waals surface area (Å²) in [5.74, 6) is -0.648. The number of aromatic hydroxyl groups is 1. The highest BCUT2D eigenvalue weighted by atomic mass is 17.2. The summed E-state index contributed by atoms with van der Waals surface area (Å²) in [5.41, 5.74) is 0.425. The Balaban J connectivity index is 1.91. The molecule has 2 aliphatic heterocycles. The number of carbonyl (C=O) groups is 1. The quantitative estimate of drug-likeness (QED) is 0.352. The van der Waals surface area contributed by atoms with Crippen molar-refractivity contribution in [1.29, 1.82) is 0 Å². The van der Waals surface area contributed by atoms with Crippen molar-refractivity contribution in [1.82, 2.24) is 0 Å². The third-order valence-corrected chi connectivity index (χ3v) is 6.40. The molecule has 7 heteroatoms. The minimum Gasteiger partial charge on any atom is -0.506 e. The van der Waals surface area contributed by atoms with E-state index in [4.69, 9.17) is 18.9 Å². The second-order valence-electron chi connectivity index (χ2n) is 8.93. The highest BCUT2D eigenvalue weighted by molar-refractivity contribution is 6.12. The zero-order valence-electron chi connectivity index (χ0n) is 18.3. The number of carbonyl (C=O) groups excluding carboxylic acids is 1.